The molecule has 0 aliphatic carbocycles. The maximum absolute atomic E-state index is 13.9. The highest BCUT2D eigenvalue weighted by atomic mass is 79.9. The predicted molar refractivity (Wildman–Crippen MR) is 159 cm³/mol. The van der Waals surface area contributed by atoms with Crippen LogP contribution in [0.2, 0.25) is 5.02 Å². The molecule has 1 N–H and O–H groups in total. The first kappa shape index (κ1) is 30.7. The van der Waals surface area contributed by atoms with Crippen LogP contribution in [-0.4, -0.2) is 44.3 Å². The molecule has 3 aromatic carbocycles. The maximum atomic E-state index is 13.9. The van der Waals surface area contributed by atoms with Crippen LogP contribution < -0.4 is 9.62 Å². The van der Waals surface area contributed by atoms with E-state index in [0.29, 0.717) is 22.8 Å². The van der Waals surface area contributed by atoms with E-state index in [2.05, 4.69) is 21.2 Å². The highest BCUT2D eigenvalue weighted by Crippen LogP contribution is 2.27. The molecule has 0 heterocycles. The normalized spacial score (nSPS) is 12.2. The molecule has 0 spiro atoms. The van der Waals surface area contributed by atoms with Gasteiger partial charge in [-0.25, -0.2) is 8.42 Å². The Morgan fingerprint density at radius 1 is 0.949 bits per heavy atom. The molecule has 10 heteroatoms. The van der Waals surface area contributed by atoms with Crippen molar-refractivity contribution >= 4 is 55.1 Å². The number of benzene rings is 3. The van der Waals surface area contributed by atoms with Gasteiger partial charge in [-0.3, -0.25) is 13.9 Å². The summed E-state index contributed by atoms with van der Waals surface area (Å²) in [7, 11) is -4.12. The lowest BCUT2D eigenvalue weighted by molar-refractivity contribution is -0.139. The molecule has 7 nitrogen and oxygen atoms in total. The van der Waals surface area contributed by atoms with Gasteiger partial charge < -0.3 is 10.2 Å². The van der Waals surface area contributed by atoms with Crippen LogP contribution in [0.25, 0.3) is 0 Å². The van der Waals surface area contributed by atoms with Crippen molar-refractivity contribution in [3.63, 3.8) is 0 Å². The van der Waals surface area contributed by atoms with Crippen molar-refractivity contribution in [1.82, 2.24) is 10.2 Å². The average molecular weight is 635 g/mol. The van der Waals surface area contributed by atoms with Gasteiger partial charge in [-0.15, -0.1) is 0 Å². The Hall–Kier alpha value is -2.88. The van der Waals surface area contributed by atoms with Crippen molar-refractivity contribution in [1.29, 1.82) is 0 Å². The fraction of sp³-hybridized carbons (Fsp3) is 0.310. The highest BCUT2D eigenvalue weighted by Gasteiger charge is 2.32. The zero-order valence-corrected chi connectivity index (χ0v) is 25.6. The summed E-state index contributed by atoms with van der Waals surface area (Å²) in [4.78, 5) is 28.4. The van der Waals surface area contributed by atoms with Gasteiger partial charge in [0.25, 0.3) is 10.0 Å². The molecule has 39 heavy (non-hydrogen) atoms. The van der Waals surface area contributed by atoms with Gasteiger partial charge in [-0.2, -0.15) is 0 Å². The van der Waals surface area contributed by atoms with Crippen LogP contribution in [0, 0.1) is 12.8 Å². The van der Waals surface area contributed by atoms with Gasteiger partial charge in [0.1, 0.15) is 12.6 Å². The molecule has 208 valence electrons. The third kappa shape index (κ3) is 8.06. The molecule has 0 saturated carbocycles. The first-order valence-corrected chi connectivity index (χ1v) is 15.2. The molecule has 0 fully saturated rings. The number of hydrogen-bond donors (Lipinski definition) is 1. The minimum Gasteiger partial charge on any atom is -0.354 e. The van der Waals surface area contributed by atoms with E-state index in [1.54, 1.807) is 67.6 Å². The monoisotopic (exact) mass is 633 g/mol. The Labute approximate surface area is 244 Å². The Morgan fingerprint density at radius 3 is 2.15 bits per heavy atom. The van der Waals surface area contributed by atoms with Gasteiger partial charge in [-0.1, -0.05) is 77.3 Å². The van der Waals surface area contributed by atoms with Gasteiger partial charge >= 0.3 is 0 Å². The van der Waals surface area contributed by atoms with Crippen molar-refractivity contribution in [2.75, 3.05) is 17.4 Å². The van der Waals surface area contributed by atoms with Crippen molar-refractivity contribution in [2.24, 2.45) is 5.92 Å². The Kier molecular flexibility index (Phi) is 10.6. The summed E-state index contributed by atoms with van der Waals surface area (Å²) in [6.45, 7) is 7.42. The average Bonchev–Trinajstić information content (AvgIpc) is 2.90. The lowest BCUT2D eigenvalue weighted by Crippen LogP contribution is -2.51. The smallest absolute Gasteiger partial charge is 0.264 e. The first-order valence-electron chi connectivity index (χ1n) is 12.6. The molecule has 0 aromatic heterocycles. The molecular formula is C29H33BrClN3O4S. The lowest BCUT2D eigenvalue weighted by Gasteiger charge is -2.32. The molecule has 0 radical (unpaired) electrons. The number of amides is 2. The first-order chi connectivity index (χ1) is 18.4. The van der Waals surface area contributed by atoms with Crippen LogP contribution in [0.1, 0.15) is 31.9 Å². The van der Waals surface area contributed by atoms with Gasteiger partial charge in [0, 0.05) is 22.6 Å². The molecule has 1 atom stereocenters. The predicted octanol–water partition coefficient (Wildman–Crippen LogP) is 5.80. The number of carbonyl (C=O) groups is 2. The second-order valence-corrected chi connectivity index (χ2v) is 12.9. The fourth-order valence-electron chi connectivity index (χ4n) is 3.82. The van der Waals surface area contributed by atoms with E-state index >= 15 is 0 Å². The number of nitrogens with one attached hydrogen (secondary N) is 1. The summed E-state index contributed by atoms with van der Waals surface area (Å²) in [5, 5.41) is 3.31. The Morgan fingerprint density at radius 2 is 1.56 bits per heavy atom. The zero-order valence-electron chi connectivity index (χ0n) is 22.4. The highest BCUT2D eigenvalue weighted by molar-refractivity contribution is 9.10. The summed E-state index contributed by atoms with van der Waals surface area (Å²) in [6.07, 6.45) is 0. The van der Waals surface area contributed by atoms with Crippen LogP contribution in [-0.2, 0) is 26.2 Å². The van der Waals surface area contributed by atoms with E-state index in [1.165, 1.54) is 17.0 Å². The fourth-order valence-corrected chi connectivity index (χ4v) is 5.69. The van der Waals surface area contributed by atoms with Gasteiger partial charge in [0.2, 0.25) is 11.8 Å². The van der Waals surface area contributed by atoms with Gasteiger partial charge in [0.05, 0.1) is 10.6 Å². The van der Waals surface area contributed by atoms with Crippen LogP contribution >= 0.6 is 27.5 Å². The molecule has 2 amide bonds. The number of carbonyl (C=O) groups excluding carboxylic acids is 2. The number of sulfonamides is 1. The van der Waals surface area contributed by atoms with Crippen LogP contribution in [0.15, 0.2) is 82.2 Å². The number of anilines is 1. The summed E-state index contributed by atoms with van der Waals surface area (Å²) in [5.74, 6) is -0.650. The topological polar surface area (TPSA) is 86.8 Å². The third-order valence-electron chi connectivity index (χ3n) is 6.15. The minimum atomic E-state index is -4.12. The summed E-state index contributed by atoms with van der Waals surface area (Å²) in [6, 6.07) is 19.3. The van der Waals surface area contributed by atoms with Crippen LogP contribution in [0.3, 0.4) is 0 Å². The van der Waals surface area contributed by atoms with Crippen LogP contribution in [0.4, 0.5) is 5.69 Å². The molecule has 0 bridgehead atoms. The quantitative estimate of drug-likeness (QED) is 0.289. The lowest BCUT2D eigenvalue weighted by atomic mass is 10.1. The standard InChI is InChI=1S/C29H33BrClN3O4S/c1-20(2)17-32-29(36)22(4)33(18-23-7-5-6-8-27(23)31)28(35)19-34(25-13-11-24(30)12-14-25)39(37,38)26-15-9-21(3)10-16-26/h5-16,20,22H,17-19H2,1-4H3,(H,32,36). The van der Waals surface area contributed by atoms with Gasteiger partial charge in [0.15, 0.2) is 0 Å². The second kappa shape index (κ2) is 13.5. The molecule has 0 saturated heterocycles. The van der Waals surface area contributed by atoms with Gasteiger partial charge in [-0.05, 0) is 67.8 Å². The van der Waals surface area contributed by atoms with Crippen molar-refractivity contribution < 1.29 is 18.0 Å². The van der Waals surface area contributed by atoms with E-state index in [9.17, 15) is 18.0 Å². The van der Waals surface area contributed by atoms with E-state index in [0.717, 1.165) is 14.3 Å². The number of hydrogen-bond acceptors (Lipinski definition) is 4. The summed E-state index contributed by atoms with van der Waals surface area (Å²) >= 11 is 9.77. The van der Waals surface area contributed by atoms with E-state index in [1.807, 2.05) is 20.8 Å². The van der Waals surface area contributed by atoms with Crippen molar-refractivity contribution in [3.05, 3.63) is 93.4 Å². The number of rotatable bonds is 11. The molecule has 0 aliphatic heterocycles. The molecule has 0 aliphatic rings. The Balaban J connectivity index is 2.01. The second-order valence-electron chi connectivity index (χ2n) is 9.73. The number of halogens is 2. The number of nitrogens with zero attached hydrogens (tertiary/aromatic N) is 2. The zero-order chi connectivity index (χ0) is 28.7. The van der Waals surface area contributed by atoms with E-state index < -0.39 is 28.5 Å². The molecule has 3 aromatic rings. The SMILES string of the molecule is Cc1ccc(S(=O)(=O)N(CC(=O)N(Cc2ccccc2Cl)C(C)C(=O)NCC(C)C)c2ccc(Br)cc2)cc1. The number of aryl methyl sites for hydroxylation is 1. The largest absolute Gasteiger partial charge is 0.354 e. The molecule has 1 unspecified atom stereocenters. The third-order valence-corrected chi connectivity index (χ3v) is 8.84. The Bertz CT molecular complexity index is 1400. The van der Waals surface area contributed by atoms with Crippen molar-refractivity contribution in [2.45, 2.75) is 45.2 Å². The summed E-state index contributed by atoms with van der Waals surface area (Å²) in [5.41, 5.74) is 1.88. The molecule has 3 rings (SSSR count). The minimum absolute atomic E-state index is 0.0352. The van der Waals surface area contributed by atoms with Crippen LogP contribution in [0.5, 0.6) is 0 Å². The maximum Gasteiger partial charge on any atom is 0.264 e. The van der Waals surface area contributed by atoms with Crippen molar-refractivity contribution in [3.8, 4) is 0 Å². The molecular weight excluding hydrogens is 602 g/mol. The van der Waals surface area contributed by atoms with E-state index in [4.69, 9.17) is 11.6 Å². The summed E-state index contributed by atoms with van der Waals surface area (Å²) < 4.78 is 29.5. The van der Waals surface area contributed by atoms with E-state index in [-0.39, 0.29) is 23.3 Å².